The van der Waals surface area contributed by atoms with Crippen molar-refractivity contribution in [2.75, 3.05) is 14.1 Å². The first-order chi connectivity index (χ1) is 10.6. The normalized spacial score (nSPS) is 11.2. The fourth-order valence-electron chi connectivity index (χ4n) is 2.76. The average molecular weight is 294 g/mol. The van der Waals surface area contributed by atoms with Crippen LogP contribution in [0, 0.1) is 0 Å². The minimum absolute atomic E-state index is 0.327. The third kappa shape index (κ3) is 2.61. The number of hydrogen-bond acceptors (Lipinski definition) is 2. The minimum Gasteiger partial charge on any atom is -0.478 e. The zero-order valence-electron chi connectivity index (χ0n) is 12.7. The summed E-state index contributed by atoms with van der Waals surface area (Å²) < 4.78 is 1.93. The summed E-state index contributed by atoms with van der Waals surface area (Å²) in [7, 11) is 4.03. The number of carboxylic acid groups (broad SMARTS) is 1. The monoisotopic (exact) mass is 294 g/mol. The van der Waals surface area contributed by atoms with Crippen molar-refractivity contribution >= 4 is 11.5 Å². The molecule has 2 aromatic heterocycles. The molecule has 22 heavy (non-hydrogen) atoms. The topological polar surface area (TPSA) is 45.0 Å². The van der Waals surface area contributed by atoms with E-state index in [1.165, 1.54) is 0 Å². The van der Waals surface area contributed by atoms with Crippen molar-refractivity contribution in [3.8, 4) is 11.3 Å². The predicted octanol–water partition coefficient (Wildman–Crippen LogP) is 3.37. The molecule has 4 nitrogen and oxygen atoms in total. The van der Waals surface area contributed by atoms with E-state index in [0.29, 0.717) is 5.56 Å². The molecule has 1 aromatic carbocycles. The van der Waals surface area contributed by atoms with E-state index in [1.807, 2.05) is 55.0 Å². The van der Waals surface area contributed by atoms with Crippen molar-refractivity contribution in [3.63, 3.8) is 0 Å². The molecule has 4 heteroatoms. The van der Waals surface area contributed by atoms with Crippen molar-refractivity contribution in [3.05, 3.63) is 65.9 Å². The van der Waals surface area contributed by atoms with E-state index >= 15 is 0 Å². The van der Waals surface area contributed by atoms with Gasteiger partial charge < -0.3 is 14.4 Å². The SMILES string of the molecule is CN(C)Cc1cccc(-c2c(C(=O)O)cc3ccccn23)c1. The standard InChI is InChI=1S/C18H18N2O2/c1-19(2)12-13-6-5-7-14(10-13)17-16(18(21)22)11-15-8-3-4-9-20(15)17/h3-11H,12H2,1-2H3,(H,21,22). The Morgan fingerprint density at radius 1 is 1.14 bits per heavy atom. The number of pyridine rings is 1. The first-order valence-electron chi connectivity index (χ1n) is 7.13. The van der Waals surface area contributed by atoms with E-state index < -0.39 is 5.97 Å². The maximum absolute atomic E-state index is 11.6. The highest BCUT2D eigenvalue weighted by Crippen LogP contribution is 2.28. The molecule has 112 valence electrons. The lowest BCUT2D eigenvalue weighted by molar-refractivity contribution is 0.0698. The van der Waals surface area contributed by atoms with Crippen LogP contribution in [0.15, 0.2) is 54.7 Å². The van der Waals surface area contributed by atoms with Gasteiger partial charge in [-0.2, -0.15) is 0 Å². The first kappa shape index (κ1) is 14.4. The van der Waals surface area contributed by atoms with Crippen molar-refractivity contribution in [1.29, 1.82) is 0 Å². The van der Waals surface area contributed by atoms with Crippen LogP contribution in [0.2, 0.25) is 0 Å². The molecule has 0 atom stereocenters. The molecule has 1 N–H and O–H groups in total. The second kappa shape index (κ2) is 5.66. The molecule has 0 radical (unpaired) electrons. The number of hydrogen-bond donors (Lipinski definition) is 1. The predicted molar refractivity (Wildman–Crippen MR) is 87.2 cm³/mol. The quantitative estimate of drug-likeness (QED) is 0.802. The largest absolute Gasteiger partial charge is 0.478 e. The van der Waals surface area contributed by atoms with Crippen LogP contribution in [0.5, 0.6) is 0 Å². The molecule has 0 aliphatic carbocycles. The van der Waals surface area contributed by atoms with Gasteiger partial charge in [-0.25, -0.2) is 4.79 Å². The molecule has 0 unspecified atom stereocenters. The van der Waals surface area contributed by atoms with E-state index in [-0.39, 0.29) is 0 Å². The van der Waals surface area contributed by atoms with Crippen molar-refractivity contribution in [2.24, 2.45) is 0 Å². The maximum atomic E-state index is 11.6. The Hall–Kier alpha value is -2.59. The minimum atomic E-state index is -0.906. The maximum Gasteiger partial charge on any atom is 0.337 e. The van der Waals surface area contributed by atoms with Crippen LogP contribution < -0.4 is 0 Å². The summed E-state index contributed by atoms with van der Waals surface area (Å²) in [6, 6.07) is 15.5. The lowest BCUT2D eigenvalue weighted by Crippen LogP contribution is -2.10. The second-order valence-electron chi connectivity index (χ2n) is 5.65. The summed E-state index contributed by atoms with van der Waals surface area (Å²) in [5.74, 6) is -0.906. The highest BCUT2D eigenvalue weighted by atomic mass is 16.4. The molecule has 0 spiro atoms. The highest BCUT2D eigenvalue weighted by molar-refractivity contribution is 5.97. The molecule has 0 saturated carbocycles. The summed E-state index contributed by atoms with van der Waals surface area (Å²) in [5.41, 5.74) is 4.01. The summed E-state index contributed by atoms with van der Waals surface area (Å²) in [6.07, 6.45) is 1.90. The number of carboxylic acids is 1. The van der Waals surface area contributed by atoms with E-state index in [1.54, 1.807) is 6.07 Å². The van der Waals surface area contributed by atoms with E-state index in [4.69, 9.17) is 0 Å². The first-order valence-corrected chi connectivity index (χ1v) is 7.13. The molecule has 2 heterocycles. The fourth-order valence-corrected chi connectivity index (χ4v) is 2.76. The summed E-state index contributed by atoms with van der Waals surface area (Å²) in [5, 5.41) is 9.52. The third-order valence-corrected chi connectivity index (χ3v) is 3.61. The Bertz CT molecular complexity index is 834. The summed E-state index contributed by atoms with van der Waals surface area (Å²) >= 11 is 0. The van der Waals surface area contributed by atoms with Crippen molar-refractivity contribution in [2.45, 2.75) is 6.54 Å². The Morgan fingerprint density at radius 2 is 1.95 bits per heavy atom. The van der Waals surface area contributed by atoms with Gasteiger partial charge in [0, 0.05) is 18.3 Å². The molecular formula is C18H18N2O2. The highest BCUT2D eigenvalue weighted by Gasteiger charge is 2.17. The lowest BCUT2D eigenvalue weighted by atomic mass is 10.0. The molecule has 0 amide bonds. The third-order valence-electron chi connectivity index (χ3n) is 3.61. The zero-order valence-corrected chi connectivity index (χ0v) is 12.7. The number of nitrogens with zero attached hydrogens (tertiary/aromatic N) is 2. The molecule has 0 aliphatic heterocycles. The smallest absolute Gasteiger partial charge is 0.337 e. The fraction of sp³-hybridized carbons (Fsp3) is 0.167. The van der Waals surface area contributed by atoms with Gasteiger partial charge in [0.2, 0.25) is 0 Å². The molecular weight excluding hydrogens is 276 g/mol. The molecule has 0 saturated heterocycles. The van der Waals surface area contributed by atoms with Gasteiger partial charge in [-0.15, -0.1) is 0 Å². The van der Waals surface area contributed by atoms with E-state index in [2.05, 4.69) is 17.0 Å². The Labute approximate surface area is 129 Å². The molecule has 0 bridgehead atoms. The van der Waals surface area contributed by atoms with Gasteiger partial charge in [0.25, 0.3) is 0 Å². The van der Waals surface area contributed by atoms with E-state index in [0.717, 1.165) is 28.9 Å². The van der Waals surface area contributed by atoms with Crippen LogP contribution in [0.1, 0.15) is 15.9 Å². The van der Waals surface area contributed by atoms with Crippen LogP contribution in [-0.2, 0) is 6.54 Å². The van der Waals surface area contributed by atoms with Gasteiger partial charge in [0.05, 0.1) is 11.3 Å². The molecule has 3 aromatic rings. The van der Waals surface area contributed by atoms with Gasteiger partial charge >= 0.3 is 5.97 Å². The second-order valence-corrected chi connectivity index (χ2v) is 5.65. The van der Waals surface area contributed by atoms with Gasteiger partial charge in [0.1, 0.15) is 0 Å². The number of aromatic nitrogens is 1. The molecule has 3 rings (SSSR count). The van der Waals surface area contributed by atoms with Crippen LogP contribution in [0.3, 0.4) is 0 Å². The van der Waals surface area contributed by atoms with Crippen molar-refractivity contribution < 1.29 is 9.90 Å². The van der Waals surface area contributed by atoms with Crippen LogP contribution in [-0.4, -0.2) is 34.5 Å². The molecule has 0 aliphatic rings. The van der Waals surface area contributed by atoms with Gasteiger partial charge in [-0.3, -0.25) is 0 Å². The van der Waals surface area contributed by atoms with Gasteiger partial charge in [0.15, 0.2) is 0 Å². The number of benzene rings is 1. The van der Waals surface area contributed by atoms with Crippen LogP contribution >= 0.6 is 0 Å². The number of fused-ring (bicyclic) bond motifs is 1. The number of aromatic carboxylic acids is 1. The van der Waals surface area contributed by atoms with Gasteiger partial charge in [-0.05, 0) is 49.5 Å². The van der Waals surface area contributed by atoms with Crippen LogP contribution in [0.25, 0.3) is 16.8 Å². The van der Waals surface area contributed by atoms with E-state index in [9.17, 15) is 9.90 Å². The lowest BCUT2D eigenvalue weighted by Gasteiger charge is -2.11. The average Bonchev–Trinajstić information content (AvgIpc) is 2.86. The number of carbonyl (C=O) groups is 1. The zero-order chi connectivity index (χ0) is 15.7. The van der Waals surface area contributed by atoms with Crippen molar-refractivity contribution in [1.82, 2.24) is 9.30 Å². The summed E-state index contributed by atoms with van der Waals surface area (Å²) in [6.45, 7) is 0.819. The van der Waals surface area contributed by atoms with Gasteiger partial charge in [-0.1, -0.05) is 24.3 Å². The Kier molecular flexibility index (Phi) is 3.69. The molecule has 0 fully saturated rings. The van der Waals surface area contributed by atoms with Crippen LogP contribution in [0.4, 0.5) is 0 Å². The summed E-state index contributed by atoms with van der Waals surface area (Å²) in [4.78, 5) is 13.7. The Balaban J connectivity index is 2.20. The number of rotatable bonds is 4. The Morgan fingerprint density at radius 3 is 2.68 bits per heavy atom.